The Kier molecular flexibility index (Phi) is 5.32. The number of aromatic amines is 1. The van der Waals surface area contributed by atoms with E-state index in [0.717, 1.165) is 39.5 Å². The van der Waals surface area contributed by atoms with Gasteiger partial charge in [-0.2, -0.15) is 10.2 Å². The molecular formula is C20H22N8OS. The Morgan fingerprint density at radius 3 is 2.80 bits per heavy atom. The topological polar surface area (TPSA) is 118 Å². The number of anilines is 1. The number of hydrogen-bond acceptors (Lipinski definition) is 7. The minimum Gasteiger partial charge on any atom is -0.384 e. The number of thiazole rings is 1. The number of H-pyrrole nitrogens is 1. The van der Waals surface area contributed by atoms with Gasteiger partial charge in [-0.15, -0.1) is 11.3 Å². The predicted molar refractivity (Wildman–Crippen MR) is 117 cm³/mol. The van der Waals surface area contributed by atoms with E-state index < -0.39 is 0 Å². The minimum absolute atomic E-state index is 0.188. The number of amides is 1. The Morgan fingerprint density at radius 2 is 2.13 bits per heavy atom. The van der Waals surface area contributed by atoms with Gasteiger partial charge in [-0.1, -0.05) is 6.07 Å². The summed E-state index contributed by atoms with van der Waals surface area (Å²) in [7, 11) is 1.85. The summed E-state index contributed by atoms with van der Waals surface area (Å²) in [5, 5.41) is 13.2. The molecule has 4 heterocycles. The third kappa shape index (κ3) is 3.69. The maximum atomic E-state index is 13.2. The van der Waals surface area contributed by atoms with E-state index in [0.29, 0.717) is 17.2 Å². The molecule has 0 aliphatic rings. The molecule has 4 rings (SSSR count). The van der Waals surface area contributed by atoms with E-state index in [2.05, 4.69) is 27.0 Å². The second kappa shape index (κ2) is 8.07. The number of nitrogens with two attached hydrogens (primary N) is 1. The Labute approximate surface area is 177 Å². The van der Waals surface area contributed by atoms with Gasteiger partial charge in [0.2, 0.25) is 0 Å². The first-order valence-corrected chi connectivity index (χ1v) is 10.2. The lowest BCUT2D eigenvalue weighted by molar-refractivity contribution is 0.0738. The van der Waals surface area contributed by atoms with Gasteiger partial charge in [-0.3, -0.25) is 9.89 Å². The molecular weight excluding hydrogens is 400 g/mol. The van der Waals surface area contributed by atoms with Gasteiger partial charge >= 0.3 is 0 Å². The minimum atomic E-state index is -0.252. The highest BCUT2D eigenvalue weighted by Gasteiger charge is 2.26. The van der Waals surface area contributed by atoms with E-state index in [9.17, 15) is 4.79 Å². The third-order valence-electron chi connectivity index (χ3n) is 4.90. The third-order valence-corrected chi connectivity index (χ3v) is 6.13. The van der Waals surface area contributed by atoms with Gasteiger partial charge < -0.3 is 10.3 Å². The van der Waals surface area contributed by atoms with Crippen molar-refractivity contribution in [3.05, 3.63) is 58.1 Å². The standard InChI is InChI=1S/C20H22N8OS/c1-12-17(20(29)28(22-2)11-14-5-4-6-15(21)24-14)27(3)19-18(12)30-16(25-19)8-7-13-9-10-23-26-13/h4-6,9-10H,2,7-8,11H2,1,3H3,(H2,21,24)(H,23,26). The van der Waals surface area contributed by atoms with Crippen LogP contribution in [0.1, 0.15) is 32.4 Å². The summed E-state index contributed by atoms with van der Waals surface area (Å²) < 4.78 is 2.83. The molecule has 3 N–H and O–H groups in total. The normalized spacial score (nSPS) is 11.1. The Bertz CT molecular complexity index is 1170. The van der Waals surface area contributed by atoms with E-state index in [1.165, 1.54) is 5.01 Å². The monoisotopic (exact) mass is 422 g/mol. The van der Waals surface area contributed by atoms with Crippen LogP contribution in [0.15, 0.2) is 35.6 Å². The summed E-state index contributed by atoms with van der Waals surface area (Å²) in [4.78, 5) is 22.2. The van der Waals surface area contributed by atoms with Crippen molar-refractivity contribution in [1.82, 2.24) is 29.7 Å². The van der Waals surface area contributed by atoms with Crippen LogP contribution in [-0.2, 0) is 26.4 Å². The van der Waals surface area contributed by atoms with Gasteiger partial charge in [0.05, 0.1) is 27.6 Å². The molecule has 0 aliphatic heterocycles. The lowest BCUT2D eigenvalue weighted by atomic mass is 10.2. The molecule has 0 aliphatic carbocycles. The molecule has 0 radical (unpaired) electrons. The number of carbonyl (C=O) groups is 1. The van der Waals surface area contributed by atoms with Crippen LogP contribution in [0, 0.1) is 6.92 Å². The number of carbonyl (C=O) groups excluding carboxylic acids is 1. The SMILES string of the molecule is C=NN(Cc1cccc(N)n1)C(=O)c1c(C)c2sc(CCc3cc[nH]n3)nc2n1C. The number of pyridine rings is 1. The zero-order valence-electron chi connectivity index (χ0n) is 16.8. The smallest absolute Gasteiger partial charge is 0.291 e. The molecule has 0 aromatic carbocycles. The lowest BCUT2D eigenvalue weighted by Gasteiger charge is -2.17. The van der Waals surface area contributed by atoms with E-state index in [-0.39, 0.29) is 12.5 Å². The summed E-state index contributed by atoms with van der Waals surface area (Å²) in [6, 6.07) is 7.25. The molecule has 9 nitrogen and oxygen atoms in total. The number of aryl methyl sites for hydroxylation is 4. The van der Waals surface area contributed by atoms with Crippen LogP contribution in [0.2, 0.25) is 0 Å². The second-order valence-electron chi connectivity index (χ2n) is 6.92. The molecule has 0 bridgehead atoms. The van der Waals surface area contributed by atoms with Gasteiger partial charge in [0.1, 0.15) is 11.5 Å². The van der Waals surface area contributed by atoms with Crippen LogP contribution < -0.4 is 5.73 Å². The van der Waals surface area contributed by atoms with E-state index >= 15 is 0 Å². The van der Waals surface area contributed by atoms with Crippen molar-refractivity contribution in [1.29, 1.82) is 0 Å². The van der Waals surface area contributed by atoms with E-state index in [4.69, 9.17) is 10.7 Å². The highest BCUT2D eigenvalue weighted by molar-refractivity contribution is 7.18. The van der Waals surface area contributed by atoms with E-state index in [1.807, 2.05) is 30.8 Å². The van der Waals surface area contributed by atoms with Crippen LogP contribution in [-0.4, -0.2) is 42.4 Å². The maximum absolute atomic E-state index is 13.2. The van der Waals surface area contributed by atoms with Gasteiger partial charge in [0.25, 0.3) is 5.91 Å². The van der Waals surface area contributed by atoms with Crippen molar-refractivity contribution in [3.8, 4) is 0 Å². The van der Waals surface area contributed by atoms with Crippen molar-refractivity contribution >= 4 is 40.1 Å². The number of hydrazone groups is 1. The first-order valence-electron chi connectivity index (χ1n) is 9.41. The zero-order valence-corrected chi connectivity index (χ0v) is 17.6. The Hall–Kier alpha value is -3.53. The molecule has 1 amide bonds. The number of nitrogens with zero attached hydrogens (tertiary/aromatic N) is 6. The first kappa shape index (κ1) is 19.8. The molecule has 0 saturated heterocycles. The second-order valence-corrected chi connectivity index (χ2v) is 8.00. The molecule has 10 heteroatoms. The number of aromatic nitrogens is 5. The molecule has 4 aromatic rings. The van der Waals surface area contributed by atoms with Crippen molar-refractivity contribution in [2.75, 3.05) is 5.73 Å². The summed E-state index contributed by atoms with van der Waals surface area (Å²) in [6.07, 6.45) is 3.43. The van der Waals surface area contributed by atoms with Crippen LogP contribution in [0.25, 0.3) is 10.3 Å². The molecule has 0 saturated carbocycles. The van der Waals surface area contributed by atoms with Gasteiger partial charge in [0, 0.05) is 26.4 Å². The highest BCUT2D eigenvalue weighted by Crippen LogP contribution is 2.31. The summed E-state index contributed by atoms with van der Waals surface area (Å²) in [5.41, 5.74) is 9.61. The largest absolute Gasteiger partial charge is 0.384 e. The Morgan fingerprint density at radius 1 is 1.30 bits per heavy atom. The maximum Gasteiger partial charge on any atom is 0.291 e. The van der Waals surface area contributed by atoms with Crippen molar-refractivity contribution in [3.63, 3.8) is 0 Å². The average molecular weight is 423 g/mol. The molecule has 0 spiro atoms. The van der Waals surface area contributed by atoms with Crippen LogP contribution in [0.5, 0.6) is 0 Å². The van der Waals surface area contributed by atoms with Crippen molar-refractivity contribution in [2.45, 2.75) is 26.3 Å². The fourth-order valence-electron chi connectivity index (χ4n) is 3.42. The number of nitrogen functional groups attached to an aromatic ring is 1. The molecule has 0 unspecified atom stereocenters. The fraction of sp³-hybridized carbons (Fsp3) is 0.250. The number of fused-ring (bicyclic) bond motifs is 1. The number of rotatable bonds is 7. The summed E-state index contributed by atoms with van der Waals surface area (Å²) >= 11 is 1.61. The number of hydrogen-bond donors (Lipinski definition) is 2. The van der Waals surface area contributed by atoms with Crippen molar-refractivity contribution < 1.29 is 4.79 Å². The van der Waals surface area contributed by atoms with Gasteiger partial charge in [0.15, 0.2) is 5.65 Å². The molecule has 30 heavy (non-hydrogen) atoms. The van der Waals surface area contributed by atoms with E-state index in [1.54, 1.807) is 29.5 Å². The average Bonchev–Trinajstić information content (AvgIpc) is 3.43. The van der Waals surface area contributed by atoms with Gasteiger partial charge in [-0.05, 0) is 37.1 Å². The Balaban J connectivity index is 1.58. The van der Waals surface area contributed by atoms with Gasteiger partial charge in [-0.25, -0.2) is 15.0 Å². The predicted octanol–water partition coefficient (Wildman–Crippen LogP) is 2.69. The molecule has 0 fully saturated rings. The summed E-state index contributed by atoms with van der Waals surface area (Å²) in [5.74, 6) is 0.142. The zero-order chi connectivity index (χ0) is 21.3. The molecule has 154 valence electrons. The fourth-order valence-corrected chi connectivity index (χ4v) is 4.51. The molecule has 4 aromatic heterocycles. The first-order chi connectivity index (χ1) is 14.5. The lowest BCUT2D eigenvalue weighted by Crippen LogP contribution is -2.28. The quantitative estimate of drug-likeness (QED) is 0.351. The van der Waals surface area contributed by atoms with Crippen molar-refractivity contribution in [2.24, 2.45) is 12.1 Å². The van der Waals surface area contributed by atoms with Crippen LogP contribution >= 0.6 is 11.3 Å². The summed E-state index contributed by atoms with van der Waals surface area (Å²) in [6.45, 7) is 5.68. The molecule has 0 atom stereocenters. The van der Waals surface area contributed by atoms with Crippen LogP contribution in [0.3, 0.4) is 0 Å². The highest BCUT2D eigenvalue weighted by atomic mass is 32.1. The van der Waals surface area contributed by atoms with Crippen LogP contribution in [0.4, 0.5) is 5.82 Å². The number of nitrogens with one attached hydrogen (secondary N) is 1.